The second-order valence-corrected chi connectivity index (χ2v) is 6.11. The number of nitrogens with zero attached hydrogens (tertiary/aromatic N) is 2. The number of benzene rings is 1. The summed E-state index contributed by atoms with van der Waals surface area (Å²) in [5.41, 5.74) is 2.57. The van der Waals surface area contributed by atoms with Gasteiger partial charge in [0, 0.05) is 11.9 Å². The molecular formula is C18H23N5O3. The maximum absolute atomic E-state index is 11.9. The Morgan fingerprint density at radius 2 is 2.19 bits per heavy atom. The number of hydrogen-bond acceptors (Lipinski definition) is 5. The molecule has 26 heavy (non-hydrogen) atoms. The second kappa shape index (κ2) is 7.90. The highest BCUT2D eigenvalue weighted by atomic mass is 16.5. The molecule has 3 aromatic rings. The molecule has 0 spiro atoms. The Labute approximate surface area is 151 Å². The molecule has 0 radical (unpaired) electrons. The van der Waals surface area contributed by atoms with Gasteiger partial charge < -0.3 is 14.6 Å². The van der Waals surface area contributed by atoms with Gasteiger partial charge in [0.25, 0.3) is 0 Å². The molecule has 0 bridgehead atoms. The fourth-order valence-corrected chi connectivity index (χ4v) is 2.57. The third-order valence-electron chi connectivity index (χ3n) is 4.15. The smallest absolute Gasteiger partial charge is 0.320 e. The number of H-pyrrole nitrogens is 1. The molecular weight excluding hydrogens is 334 g/mol. The molecule has 0 atom stereocenters. The van der Waals surface area contributed by atoms with Crippen molar-refractivity contribution in [2.24, 2.45) is 0 Å². The van der Waals surface area contributed by atoms with Gasteiger partial charge in [0.05, 0.1) is 16.8 Å². The van der Waals surface area contributed by atoms with Crippen LogP contribution in [-0.4, -0.2) is 27.9 Å². The molecule has 2 heterocycles. The van der Waals surface area contributed by atoms with E-state index in [-0.39, 0.29) is 6.03 Å². The topological polar surface area (TPSA) is 105 Å². The maximum Gasteiger partial charge on any atom is 0.320 e. The van der Waals surface area contributed by atoms with Crippen molar-refractivity contribution in [2.75, 3.05) is 11.9 Å². The number of ether oxygens (including phenoxy) is 1. The van der Waals surface area contributed by atoms with E-state index in [4.69, 9.17) is 9.26 Å². The maximum atomic E-state index is 11.9. The molecule has 1 aromatic carbocycles. The normalized spacial score (nSPS) is 10.9. The molecule has 0 saturated heterocycles. The summed E-state index contributed by atoms with van der Waals surface area (Å²) in [6.07, 6.45) is 1.96. The summed E-state index contributed by atoms with van der Waals surface area (Å²) in [4.78, 5) is 11.9. The van der Waals surface area contributed by atoms with Gasteiger partial charge in [-0.2, -0.15) is 5.10 Å². The number of fused-ring (bicyclic) bond motifs is 1. The third-order valence-corrected chi connectivity index (χ3v) is 4.15. The first kappa shape index (κ1) is 17.8. The van der Waals surface area contributed by atoms with Crippen molar-refractivity contribution in [1.82, 2.24) is 20.7 Å². The molecule has 0 fully saturated rings. The summed E-state index contributed by atoms with van der Waals surface area (Å²) in [7, 11) is 0. The Bertz CT molecular complexity index is 880. The average Bonchev–Trinajstić information content (AvgIpc) is 3.17. The summed E-state index contributed by atoms with van der Waals surface area (Å²) in [6, 6.07) is 5.29. The van der Waals surface area contributed by atoms with Gasteiger partial charge in [0.2, 0.25) is 0 Å². The van der Waals surface area contributed by atoms with E-state index in [1.54, 1.807) is 0 Å². The van der Waals surface area contributed by atoms with Crippen molar-refractivity contribution < 1.29 is 14.1 Å². The lowest BCUT2D eigenvalue weighted by molar-refractivity contribution is 0.252. The minimum atomic E-state index is -0.270. The molecule has 0 saturated carbocycles. The van der Waals surface area contributed by atoms with E-state index >= 15 is 0 Å². The number of carbonyl (C=O) groups is 1. The fraction of sp³-hybridized carbons (Fsp3) is 0.389. The van der Waals surface area contributed by atoms with Crippen molar-refractivity contribution in [3.05, 3.63) is 35.2 Å². The van der Waals surface area contributed by atoms with E-state index in [0.717, 1.165) is 40.8 Å². The number of unbranched alkanes of at least 4 members (excludes halogenated alkanes) is 1. The van der Waals surface area contributed by atoms with Crippen LogP contribution in [0.15, 0.2) is 22.7 Å². The minimum absolute atomic E-state index is 0.270. The van der Waals surface area contributed by atoms with Crippen LogP contribution in [0.4, 0.5) is 10.6 Å². The molecule has 138 valence electrons. The van der Waals surface area contributed by atoms with Crippen LogP contribution < -0.4 is 15.4 Å². The van der Waals surface area contributed by atoms with Crippen LogP contribution in [0, 0.1) is 13.8 Å². The molecule has 3 rings (SSSR count). The Balaban J connectivity index is 1.70. The lowest BCUT2D eigenvalue weighted by Gasteiger charge is -2.07. The molecule has 0 aliphatic rings. The van der Waals surface area contributed by atoms with Crippen LogP contribution in [0.1, 0.15) is 36.8 Å². The molecule has 0 aliphatic carbocycles. The van der Waals surface area contributed by atoms with E-state index < -0.39 is 0 Å². The van der Waals surface area contributed by atoms with Crippen LogP contribution in [0.3, 0.4) is 0 Å². The van der Waals surface area contributed by atoms with E-state index in [1.165, 1.54) is 0 Å². The second-order valence-electron chi connectivity index (χ2n) is 6.11. The Hall–Kier alpha value is -3.03. The van der Waals surface area contributed by atoms with Crippen molar-refractivity contribution in [1.29, 1.82) is 0 Å². The highest BCUT2D eigenvalue weighted by Gasteiger charge is 2.12. The first-order valence-corrected chi connectivity index (χ1v) is 8.66. The van der Waals surface area contributed by atoms with Gasteiger partial charge >= 0.3 is 6.03 Å². The van der Waals surface area contributed by atoms with E-state index in [1.807, 2.05) is 32.0 Å². The van der Waals surface area contributed by atoms with Gasteiger partial charge in [-0.1, -0.05) is 18.5 Å². The van der Waals surface area contributed by atoms with E-state index in [9.17, 15) is 4.79 Å². The summed E-state index contributed by atoms with van der Waals surface area (Å²) in [5, 5.41) is 17.3. The van der Waals surface area contributed by atoms with Crippen molar-refractivity contribution >= 4 is 22.8 Å². The number of hydrogen-bond donors (Lipinski definition) is 3. The number of rotatable bonds is 7. The Morgan fingerprint density at radius 1 is 1.35 bits per heavy atom. The summed E-state index contributed by atoms with van der Waals surface area (Å²) < 4.78 is 11.0. The number of nitrogens with one attached hydrogen (secondary N) is 3. The number of aromatic amines is 1. The van der Waals surface area contributed by atoms with Crippen LogP contribution in [-0.2, 0) is 6.61 Å². The van der Waals surface area contributed by atoms with Gasteiger partial charge in [-0.3, -0.25) is 10.4 Å². The largest absolute Gasteiger partial charge is 0.489 e. The SMILES string of the molecule is CCCCNC(=O)Nc1n[nH]c2ccc(OCc3c(C)noc3C)cc12. The van der Waals surface area contributed by atoms with Gasteiger partial charge in [-0.05, 0) is 38.5 Å². The van der Waals surface area contributed by atoms with Crippen LogP contribution >= 0.6 is 0 Å². The molecule has 2 amide bonds. The first-order valence-electron chi connectivity index (χ1n) is 8.66. The number of aryl methyl sites for hydroxylation is 2. The molecule has 0 aliphatic heterocycles. The monoisotopic (exact) mass is 357 g/mol. The van der Waals surface area contributed by atoms with E-state index in [2.05, 4.69) is 32.9 Å². The predicted molar refractivity (Wildman–Crippen MR) is 98.3 cm³/mol. The molecule has 0 unspecified atom stereocenters. The summed E-state index contributed by atoms with van der Waals surface area (Å²) >= 11 is 0. The number of aromatic nitrogens is 3. The number of amides is 2. The zero-order chi connectivity index (χ0) is 18.5. The van der Waals surface area contributed by atoms with Crippen molar-refractivity contribution in [3.63, 3.8) is 0 Å². The first-order chi connectivity index (χ1) is 12.6. The van der Waals surface area contributed by atoms with Crippen molar-refractivity contribution in [3.8, 4) is 5.75 Å². The Kier molecular flexibility index (Phi) is 5.40. The standard InChI is InChI=1S/C18H23N5O3/c1-4-5-8-19-18(24)20-17-14-9-13(6-7-16(14)21-22-17)25-10-15-11(2)23-26-12(15)3/h6-7,9H,4-5,8,10H2,1-3H3,(H3,19,20,21,22,24). The minimum Gasteiger partial charge on any atom is -0.489 e. The molecule has 8 heteroatoms. The number of carbonyl (C=O) groups excluding carboxylic acids is 1. The zero-order valence-electron chi connectivity index (χ0n) is 15.2. The van der Waals surface area contributed by atoms with Crippen molar-refractivity contribution in [2.45, 2.75) is 40.2 Å². The average molecular weight is 357 g/mol. The van der Waals surface area contributed by atoms with Gasteiger partial charge in [-0.15, -0.1) is 0 Å². The molecule has 8 nitrogen and oxygen atoms in total. The van der Waals surface area contributed by atoms with Gasteiger partial charge in [-0.25, -0.2) is 4.79 Å². The molecule has 3 N–H and O–H groups in total. The van der Waals surface area contributed by atoms with E-state index in [0.29, 0.717) is 24.7 Å². The van der Waals surface area contributed by atoms with Crippen LogP contribution in [0.2, 0.25) is 0 Å². The lowest BCUT2D eigenvalue weighted by Crippen LogP contribution is -2.29. The summed E-state index contributed by atoms with van der Waals surface area (Å²) in [6.45, 7) is 6.82. The predicted octanol–water partition coefficient (Wildman–Crippen LogP) is 3.67. The quantitative estimate of drug-likeness (QED) is 0.560. The summed E-state index contributed by atoms with van der Waals surface area (Å²) in [5.74, 6) is 1.89. The third kappa shape index (κ3) is 3.96. The zero-order valence-corrected chi connectivity index (χ0v) is 15.2. The van der Waals surface area contributed by atoms with Gasteiger partial charge in [0.15, 0.2) is 5.82 Å². The lowest BCUT2D eigenvalue weighted by atomic mass is 10.2. The highest BCUT2D eigenvalue weighted by Crippen LogP contribution is 2.26. The van der Waals surface area contributed by atoms with Crippen LogP contribution in [0.5, 0.6) is 5.75 Å². The molecule has 2 aromatic heterocycles. The van der Waals surface area contributed by atoms with Crippen LogP contribution in [0.25, 0.3) is 10.9 Å². The Morgan fingerprint density at radius 3 is 2.92 bits per heavy atom. The fourth-order valence-electron chi connectivity index (χ4n) is 2.57. The number of anilines is 1. The number of urea groups is 1. The van der Waals surface area contributed by atoms with Gasteiger partial charge in [0.1, 0.15) is 18.1 Å². The highest BCUT2D eigenvalue weighted by molar-refractivity contribution is 5.99.